The average Bonchev–Trinajstić information content (AvgIpc) is 2.38. The monoisotopic (exact) mass is 250 g/mol. The number of carbonyl (C=O) groups excluding carboxylic acids is 2. The van der Waals surface area contributed by atoms with Crippen LogP contribution in [0.1, 0.15) is 47.4 Å². The largest absolute Gasteiger partial charge is 0.432 e. The van der Waals surface area contributed by atoms with Crippen molar-refractivity contribution in [3.05, 3.63) is 35.4 Å². The molecule has 0 spiro atoms. The first kappa shape index (κ1) is 14.4. The van der Waals surface area contributed by atoms with E-state index in [1.54, 1.807) is 24.3 Å². The zero-order valence-corrected chi connectivity index (χ0v) is 10.9. The Labute approximate surface area is 107 Å². The molecule has 18 heavy (non-hydrogen) atoms. The molecule has 0 fully saturated rings. The van der Waals surface area contributed by atoms with E-state index in [-0.39, 0.29) is 5.78 Å². The van der Waals surface area contributed by atoms with Gasteiger partial charge in [0.2, 0.25) is 6.29 Å². The Balaban J connectivity index is 2.69. The van der Waals surface area contributed by atoms with Crippen LogP contribution in [-0.4, -0.2) is 25.2 Å². The summed E-state index contributed by atoms with van der Waals surface area (Å²) in [5, 5.41) is 0. The van der Waals surface area contributed by atoms with Gasteiger partial charge in [0.05, 0.1) is 5.56 Å². The number of hydrogen-bond donors (Lipinski definition) is 0. The molecule has 1 unspecified atom stereocenters. The summed E-state index contributed by atoms with van der Waals surface area (Å²) in [6.45, 7) is 3.47. The van der Waals surface area contributed by atoms with Crippen molar-refractivity contribution in [2.24, 2.45) is 0 Å². The van der Waals surface area contributed by atoms with E-state index in [0.717, 1.165) is 6.42 Å². The third-order valence-corrected chi connectivity index (χ3v) is 2.55. The molecular weight excluding hydrogens is 232 g/mol. The van der Waals surface area contributed by atoms with Crippen LogP contribution < -0.4 is 0 Å². The van der Waals surface area contributed by atoms with E-state index >= 15 is 0 Å². The van der Waals surface area contributed by atoms with E-state index in [9.17, 15) is 9.59 Å². The molecule has 4 heteroatoms. The van der Waals surface area contributed by atoms with E-state index in [2.05, 4.69) is 0 Å². The van der Waals surface area contributed by atoms with Gasteiger partial charge in [-0.3, -0.25) is 4.79 Å². The lowest BCUT2D eigenvalue weighted by Gasteiger charge is -2.15. The molecule has 0 saturated carbocycles. The number of rotatable bonds is 6. The highest BCUT2D eigenvalue weighted by molar-refractivity contribution is 5.96. The topological polar surface area (TPSA) is 52.6 Å². The van der Waals surface area contributed by atoms with Crippen molar-refractivity contribution in [1.82, 2.24) is 0 Å². The van der Waals surface area contributed by atoms with Gasteiger partial charge < -0.3 is 9.47 Å². The van der Waals surface area contributed by atoms with Gasteiger partial charge in [0.1, 0.15) is 0 Å². The maximum absolute atomic E-state index is 11.8. The van der Waals surface area contributed by atoms with Crippen molar-refractivity contribution in [3.63, 3.8) is 0 Å². The van der Waals surface area contributed by atoms with Crippen LogP contribution in [0.3, 0.4) is 0 Å². The number of carbonyl (C=O) groups is 2. The third-order valence-electron chi connectivity index (χ3n) is 2.55. The average molecular weight is 250 g/mol. The maximum Gasteiger partial charge on any atom is 0.340 e. The SMILES string of the molecule is CCCC(OC)OC(=O)c1ccc(C(C)=O)cc1. The van der Waals surface area contributed by atoms with Gasteiger partial charge in [0.15, 0.2) is 5.78 Å². The van der Waals surface area contributed by atoms with Gasteiger partial charge in [-0.1, -0.05) is 25.5 Å². The van der Waals surface area contributed by atoms with E-state index < -0.39 is 12.3 Å². The van der Waals surface area contributed by atoms with Crippen LogP contribution in [0, 0.1) is 0 Å². The van der Waals surface area contributed by atoms with Gasteiger partial charge in [-0.25, -0.2) is 4.79 Å². The van der Waals surface area contributed by atoms with Crippen LogP contribution in [-0.2, 0) is 9.47 Å². The lowest BCUT2D eigenvalue weighted by Crippen LogP contribution is -2.20. The fourth-order valence-electron chi connectivity index (χ4n) is 1.49. The normalized spacial score (nSPS) is 11.9. The molecule has 1 atom stereocenters. The second kappa shape index (κ2) is 6.91. The predicted molar refractivity (Wildman–Crippen MR) is 67.6 cm³/mol. The van der Waals surface area contributed by atoms with Crippen LogP contribution in [0.25, 0.3) is 0 Å². The molecule has 1 aromatic carbocycles. The summed E-state index contributed by atoms with van der Waals surface area (Å²) >= 11 is 0. The predicted octanol–water partition coefficient (Wildman–Crippen LogP) is 2.82. The van der Waals surface area contributed by atoms with Gasteiger partial charge in [-0.05, 0) is 19.1 Å². The smallest absolute Gasteiger partial charge is 0.340 e. The van der Waals surface area contributed by atoms with Gasteiger partial charge in [-0.15, -0.1) is 0 Å². The molecule has 0 aromatic heterocycles. The molecule has 0 N–H and O–H groups in total. The lowest BCUT2D eigenvalue weighted by atomic mass is 10.1. The highest BCUT2D eigenvalue weighted by Crippen LogP contribution is 2.10. The molecular formula is C14H18O4. The van der Waals surface area contributed by atoms with Crippen LogP contribution >= 0.6 is 0 Å². The van der Waals surface area contributed by atoms with E-state index in [1.807, 2.05) is 6.92 Å². The Kier molecular flexibility index (Phi) is 5.52. The van der Waals surface area contributed by atoms with Crippen molar-refractivity contribution in [2.75, 3.05) is 7.11 Å². The Bertz CT molecular complexity index is 408. The Morgan fingerprint density at radius 1 is 1.17 bits per heavy atom. The first-order chi connectivity index (χ1) is 8.58. The number of benzene rings is 1. The third kappa shape index (κ3) is 3.96. The molecule has 98 valence electrons. The molecule has 0 aliphatic heterocycles. The minimum absolute atomic E-state index is 0.0318. The van der Waals surface area contributed by atoms with Crippen LogP contribution in [0.2, 0.25) is 0 Å². The number of esters is 1. The summed E-state index contributed by atoms with van der Waals surface area (Å²) in [7, 11) is 1.51. The van der Waals surface area contributed by atoms with Crippen LogP contribution in [0.4, 0.5) is 0 Å². The zero-order valence-electron chi connectivity index (χ0n) is 10.9. The molecule has 0 amide bonds. The minimum Gasteiger partial charge on any atom is -0.432 e. The van der Waals surface area contributed by atoms with E-state index in [0.29, 0.717) is 17.5 Å². The zero-order chi connectivity index (χ0) is 13.5. The lowest BCUT2D eigenvalue weighted by molar-refractivity contribution is -0.0933. The Hall–Kier alpha value is -1.68. The molecule has 0 aliphatic rings. The molecule has 1 aromatic rings. The quantitative estimate of drug-likeness (QED) is 0.442. The molecule has 0 radical (unpaired) electrons. The summed E-state index contributed by atoms with van der Waals surface area (Å²) in [4.78, 5) is 22.9. The molecule has 0 bridgehead atoms. The first-order valence-electron chi connectivity index (χ1n) is 5.93. The van der Waals surface area contributed by atoms with E-state index in [4.69, 9.17) is 9.47 Å². The molecule has 0 saturated heterocycles. The van der Waals surface area contributed by atoms with Gasteiger partial charge >= 0.3 is 5.97 Å². The highest BCUT2D eigenvalue weighted by atomic mass is 16.7. The van der Waals surface area contributed by atoms with Crippen molar-refractivity contribution in [2.45, 2.75) is 33.0 Å². The molecule has 1 rings (SSSR count). The van der Waals surface area contributed by atoms with Crippen molar-refractivity contribution < 1.29 is 19.1 Å². The second-order valence-electron chi connectivity index (χ2n) is 3.99. The summed E-state index contributed by atoms with van der Waals surface area (Å²) in [6.07, 6.45) is 1.01. The molecule has 0 aliphatic carbocycles. The summed E-state index contributed by atoms with van der Waals surface area (Å²) in [5.41, 5.74) is 0.988. The minimum atomic E-state index is -0.519. The highest BCUT2D eigenvalue weighted by Gasteiger charge is 2.14. The molecule has 4 nitrogen and oxygen atoms in total. The van der Waals surface area contributed by atoms with Crippen LogP contribution in [0.5, 0.6) is 0 Å². The number of methoxy groups -OCH3 is 1. The fourth-order valence-corrected chi connectivity index (χ4v) is 1.49. The van der Waals surface area contributed by atoms with Crippen molar-refractivity contribution >= 4 is 11.8 Å². The number of Topliss-reactive ketones (excluding diaryl/α,β-unsaturated/α-hetero) is 1. The maximum atomic E-state index is 11.8. The summed E-state index contributed by atoms with van der Waals surface area (Å²) in [6, 6.07) is 6.39. The first-order valence-corrected chi connectivity index (χ1v) is 5.93. The standard InChI is InChI=1S/C14H18O4/c1-4-5-13(17-3)18-14(16)12-8-6-11(7-9-12)10(2)15/h6-9,13H,4-5H2,1-3H3. The van der Waals surface area contributed by atoms with Gasteiger partial charge in [0, 0.05) is 19.1 Å². The van der Waals surface area contributed by atoms with Gasteiger partial charge in [0.25, 0.3) is 0 Å². The Morgan fingerprint density at radius 3 is 2.17 bits per heavy atom. The number of ether oxygens (including phenoxy) is 2. The Morgan fingerprint density at radius 2 is 1.72 bits per heavy atom. The van der Waals surface area contributed by atoms with Crippen molar-refractivity contribution in [3.8, 4) is 0 Å². The van der Waals surface area contributed by atoms with Gasteiger partial charge in [-0.2, -0.15) is 0 Å². The number of ketones is 1. The van der Waals surface area contributed by atoms with Crippen LogP contribution in [0.15, 0.2) is 24.3 Å². The molecule has 0 heterocycles. The number of hydrogen-bond acceptors (Lipinski definition) is 4. The second-order valence-corrected chi connectivity index (χ2v) is 3.99. The van der Waals surface area contributed by atoms with Crippen molar-refractivity contribution in [1.29, 1.82) is 0 Å². The van der Waals surface area contributed by atoms with E-state index in [1.165, 1.54) is 14.0 Å². The fraction of sp³-hybridized carbons (Fsp3) is 0.429. The summed E-state index contributed by atoms with van der Waals surface area (Å²) in [5.74, 6) is -0.471. The summed E-state index contributed by atoms with van der Waals surface area (Å²) < 4.78 is 10.2.